The van der Waals surface area contributed by atoms with Crippen LogP contribution in [-0.2, 0) is 0 Å². The highest BCUT2D eigenvalue weighted by Gasteiger charge is 2.08. The van der Waals surface area contributed by atoms with Gasteiger partial charge in [-0.05, 0) is 37.8 Å². The molecular formula is C14H23Cl2N3S. The van der Waals surface area contributed by atoms with Crippen LogP contribution >= 0.6 is 35.0 Å². The van der Waals surface area contributed by atoms with E-state index in [4.69, 9.17) is 23.2 Å². The number of nitrogens with one attached hydrogen (secondary N) is 2. The first-order valence-electron chi connectivity index (χ1n) is 7.01. The van der Waals surface area contributed by atoms with Gasteiger partial charge in [0.25, 0.3) is 0 Å². The Hall–Kier alpha value is -0.320. The molecule has 0 aliphatic heterocycles. The summed E-state index contributed by atoms with van der Waals surface area (Å²) in [5, 5.41) is 7.53. The number of pyridine rings is 1. The first kappa shape index (κ1) is 17.7. The Morgan fingerprint density at radius 3 is 2.35 bits per heavy atom. The molecule has 0 saturated heterocycles. The fourth-order valence-corrected chi connectivity index (χ4v) is 2.80. The highest BCUT2D eigenvalue weighted by molar-refractivity contribution is 7.98. The summed E-state index contributed by atoms with van der Waals surface area (Å²) >= 11 is 14.1. The van der Waals surface area contributed by atoms with Gasteiger partial charge in [-0.15, -0.1) is 0 Å². The van der Waals surface area contributed by atoms with Crippen LogP contribution in [0.25, 0.3) is 0 Å². The fourth-order valence-electron chi connectivity index (χ4n) is 1.81. The molecule has 114 valence electrons. The van der Waals surface area contributed by atoms with Crippen molar-refractivity contribution in [1.29, 1.82) is 0 Å². The van der Waals surface area contributed by atoms with Crippen LogP contribution in [0, 0.1) is 0 Å². The lowest BCUT2D eigenvalue weighted by Crippen LogP contribution is -2.07. The van der Waals surface area contributed by atoms with Crippen LogP contribution in [0.4, 0.5) is 11.6 Å². The van der Waals surface area contributed by atoms with Gasteiger partial charge in [-0.3, -0.25) is 0 Å². The molecule has 6 heteroatoms. The van der Waals surface area contributed by atoms with Gasteiger partial charge in [0.15, 0.2) is 0 Å². The first-order chi connectivity index (χ1) is 9.69. The molecule has 0 saturated carbocycles. The molecular weight excluding hydrogens is 313 g/mol. The fraction of sp³-hybridized carbons (Fsp3) is 0.643. The second-order valence-electron chi connectivity index (χ2n) is 4.51. The van der Waals surface area contributed by atoms with Crippen molar-refractivity contribution in [3.05, 3.63) is 16.1 Å². The predicted octanol–water partition coefficient (Wildman–Crippen LogP) is 5.16. The average Bonchev–Trinajstić information content (AvgIpc) is 2.42. The van der Waals surface area contributed by atoms with Gasteiger partial charge in [0, 0.05) is 13.1 Å². The van der Waals surface area contributed by atoms with E-state index in [1.807, 2.05) is 18.7 Å². The Bertz CT molecular complexity index is 402. The van der Waals surface area contributed by atoms with Crippen LogP contribution in [0.5, 0.6) is 0 Å². The maximum absolute atomic E-state index is 6.14. The van der Waals surface area contributed by atoms with Gasteiger partial charge in [0.1, 0.15) is 11.6 Å². The van der Waals surface area contributed by atoms with Gasteiger partial charge >= 0.3 is 0 Å². The number of anilines is 2. The van der Waals surface area contributed by atoms with E-state index in [2.05, 4.69) is 21.9 Å². The molecule has 0 aliphatic carbocycles. The molecule has 1 aromatic heterocycles. The molecule has 0 unspecified atom stereocenters. The van der Waals surface area contributed by atoms with Gasteiger partial charge in [-0.25, -0.2) is 4.98 Å². The molecule has 0 spiro atoms. The number of unbranched alkanes of at least 4 members (excludes halogenated alkanes) is 3. The second kappa shape index (κ2) is 10.4. The number of thioether (sulfide) groups is 1. The lowest BCUT2D eigenvalue weighted by Gasteiger charge is -2.11. The zero-order valence-electron chi connectivity index (χ0n) is 12.1. The molecule has 0 amide bonds. The summed E-state index contributed by atoms with van der Waals surface area (Å²) in [6.45, 7) is 3.68. The van der Waals surface area contributed by atoms with Crippen molar-refractivity contribution < 1.29 is 0 Å². The van der Waals surface area contributed by atoms with Gasteiger partial charge in [-0.2, -0.15) is 11.8 Å². The Balaban J connectivity index is 2.37. The molecule has 0 aliphatic rings. The number of nitrogens with zero attached hydrogens (tertiary/aromatic N) is 1. The maximum atomic E-state index is 6.14. The monoisotopic (exact) mass is 335 g/mol. The molecule has 20 heavy (non-hydrogen) atoms. The summed E-state index contributed by atoms with van der Waals surface area (Å²) in [6, 6.07) is 1.73. The average molecular weight is 336 g/mol. The van der Waals surface area contributed by atoms with Crippen molar-refractivity contribution in [1.82, 2.24) is 4.98 Å². The number of aromatic nitrogens is 1. The number of hydrogen-bond acceptors (Lipinski definition) is 4. The van der Waals surface area contributed by atoms with E-state index in [9.17, 15) is 0 Å². The molecule has 1 aromatic rings. The Morgan fingerprint density at radius 1 is 1.05 bits per heavy atom. The maximum Gasteiger partial charge on any atom is 0.147 e. The highest BCUT2D eigenvalue weighted by atomic mass is 35.5. The molecule has 0 bridgehead atoms. The van der Waals surface area contributed by atoms with E-state index in [1.54, 1.807) is 6.07 Å². The van der Waals surface area contributed by atoms with E-state index >= 15 is 0 Å². The van der Waals surface area contributed by atoms with E-state index in [0.717, 1.165) is 19.5 Å². The molecule has 3 nitrogen and oxygen atoms in total. The molecule has 1 rings (SSSR count). The van der Waals surface area contributed by atoms with Crippen molar-refractivity contribution in [2.24, 2.45) is 0 Å². The molecule has 0 aromatic carbocycles. The summed E-state index contributed by atoms with van der Waals surface area (Å²) < 4.78 is 0. The number of hydrogen-bond donors (Lipinski definition) is 2. The van der Waals surface area contributed by atoms with Crippen molar-refractivity contribution >= 4 is 46.6 Å². The zero-order valence-corrected chi connectivity index (χ0v) is 14.5. The summed E-state index contributed by atoms with van der Waals surface area (Å²) in [4.78, 5) is 4.42. The van der Waals surface area contributed by atoms with Crippen LogP contribution in [0.2, 0.25) is 10.0 Å². The first-order valence-corrected chi connectivity index (χ1v) is 9.16. The SMILES string of the molecule is CCNc1nc(NCCCCCCSC)c(Cl)cc1Cl. The Kier molecular flexibility index (Phi) is 9.23. The predicted molar refractivity (Wildman–Crippen MR) is 93.8 cm³/mol. The highest BCUT2D eigenvalue weighted by Crippen LogP contribution is 2.29. The van der Waals surface area contributed by atoms with E-state index < -0.39 is 0 Å². The van der Waals surface area contributed by atoms with Crippen LogP contribution in [-0.4, -0.2) is 30.1 Å². The largest absolute Gasteiger partial charge is 0.369 e. The smallest absolute Gasteiger partial charge is 0.147 e. The number of rotatable bonds is 10. The van der Waals surface area contributed by atoms with Gasteiger partial charge in [-0.1, -0.05) is 36.0 Å². The molecule has 1 heterocycles. The van der Waals surface area contributed by atoms with E-state index in [1.165, 1.54) is 25.0 Å². The summed E-state index contributed by atoms with van der Waals surface area (Å²) in [5.74, 6) is 2.64. The van der Waals surface area contributed by atoms with Crippen LogP contribution in [0.3, 0.4) is 0 Å². The standard InChI is InChI=1S/C14H23Cl2N3S/c1-3-17-13-11(15)10-12(16)14(19-13)18-8-6-4-5-7-9-20-2/h10H,3-9H2,1-2H3,(H2,17,18,19). The normalized spacial score (nSPS) is 10.6. The van der Waals surface area contributed by atoms with Crippen LogP contribution in [0.1, 0.15) is 32.6 Å². The van der Waals surface area contributed by atoms with E-state index in [0.29, 0.717) is 21.7 Å². The van der Waals surface area contributed by atoms with Gasteiger partial charge < -0.3 is 10.6 Å². The third-order valence-corrected chi connectivity index (χ3v) is 4.11. The lowest BCUT2D eigenvalue weighted by molar-refractivity contribution is 0.688. The Morgan fingerprint density at radius 2 is 1.70 bits per heavy atom. The minimum Gasteiger partial charge on any atom is -0.369 e. The molecule has 2 N–H and O–H groups in total. The minimum absolute atomic E-state index is 0.555. The van der Waals surface area contributed by atoms with Crippen molar-refractivity contribution in [2.45, 2.75) is 32.6 Å². The van der Waals surface area contributed by atoms with Gasteiger partial charge in [0.2, 0.25) is 0 Å². The summed E-state index contributed by atoms with van der Waals surface area (Å²) in [7, 11) is 0. The topological polar surface area (TPSA) is 37.0 Å². The molecule has 0 atom stereocenters. The second-order valence-corrected chi connectivity index (χ2v) is 6.31. The quantitative estimate of drug-likeness (QED) is 0.579. The molecule has 0 fully saturated rings. The lowest BCUT2D eigenvalue weighted by atomic mass is 10.2. The van der Waals surface area contributed by atoms with Crippen LogP contribution in [0.15, 0.2) is 6.07 Å². The van der Waals surface area contributed by atoms with Crippen molar-refractivity contribution in [3.8, 4) is 0 Å². The third kappa shape index (κ3) is 6.42. The minimum atomic E-state index is 0.555. The van der Waals surface area contributed by atoms with Crippen molar-refractivity contribution in [3.63, 3.8) is 0 Å². The molecule has 0 radical (unpaired) electrons. The Labute approximate surface area is 136 Å². The zero-order chi connectivity index (χ0) is 14.8. The van der Waals surface area contributed by atoms with Crippen molar-refractivity contribution in [2.75, 3.05) is 35.7 Å². The van der Waals surface area contributed by atoms with E-state index in [-0.39, 0.29) is 0 Å². The summed E-state index contributed by atoms with van der Waals surface area (Å²) in [6.07, 6.45) is 7.10. The third-order valence-electron chi connectivity index (χ3n) is 2.84. The van der Waals surface area contributed by atoms with Gasteiger partial charge in [0.05, 0.1) is 10.0 Å². The summed E-state index contributed by atoms with van der Waals surface area (Å²) in [5.41, 5.74) is 0. The van der Waals surface area contributed by atoms with Crippen LogP contribution < -0.4 is 10.6 Å². The number of halogens is 2.